The van der Waals surface area contributed by atoms with Crippen molar-refractivity contribution in [3.63, 3.8) is 0 Å². The van der Waals surface area contributed by atoms with Crippen LogP contribution in [-0.4, -0.2) is 36.2 Å². The van der Waals surface area contributed by atoms with E-state index in [0.29, 0.717) is 5.57 Å². The highest BCUT2D eigenvalue weighted by atomic mass is 16.5. The Kier molecular flexibility index (Phi) is 5.00. The molecule has 0 aliphatic rings. The zero-order chi connectivity index (χ0) is 12.1. The van der Waals surface area contributed by atoms with Crippen LogP contribution in [0.1, 0.15) is 20.8 Å². The molecular weight excluding hydrogens is 198 g/mol. The summed E-state index contributed by atoms with van der Waals surface area (Å²) in [7, 11) is 1.38. The molecule has 0 bridgehead atoms. The molecule has 0 aliphatic carbocycles. The van der Waals surface area contributed by atoms with Crippen molar-refractivity contribution in [1.82, 2.24) is 5.32 Å². The molecular formula is C10H17NO4. The minimum absolute atomic E-state index is 0.0783. The number of hydrogen-bond acceptors (Lipinski definition) is 3. The first kappa shape index (κ1) is 13.6. The fraction of sp³-hybridized carbons (Fsp3) is 0.600. The summed E-state index contributed by atoms with van der Waals surface area (Å²) in [5.41, 5.74) is -0.922. The molecule has 0 aromatic heterocycles. The Morgan fingerprint density at radius 1 is 1.53 bits per heavy atom. The van der Waals surface area contributed by atoms with Gasteiger partial charge in [0, 0.05) is 12.7 Å². The molecule has 0 spiro atoms. The van der Waals surface area contributed by atoms with Crippen LogP contribution < -0.4 is 5.32 Å². The number of allylic oxidation sites excluding steroid dienone is 1. The fourth-order valence-electron chi connectivity index (χ4n) is 0.920. The molecule has 5 nitrogen and oxygen atoms in total. The van der Waals surface area contributed by atoms with Gasteiger partial charge in [-0.05, 0) is 20.8 Å². The van der Waals surface area contributed by atoms with Crippen LogP contribution in [0.25, 0.3) is 0 Å². The highest BCUT2D eigenvalue weighted by Crippen LogP contribution is 2.06. The predicted octanol–water partition coefficient (Wildman–Crippen LogP) is 0.558. The van der Waals surface area contributed by atoms with Crippen LogP contribution in [0.15, 0.2) is 11.6 Å². The smallest absolute Gasteiger partial charge is 0.331 e. The molecule has 1 unspecified atom stereocenters. The maximum absolute atomic E-state index is 11.5. The largest absolute Gasteiger partial charge is 0.479 e. The number of nitrogens with one attached hydrogen (secondary N) is 1. The SMILES string of the molecule is CC=C(C)C(=O)NC(C)(COC)C(=O)O. The number of hydrogen-bond donors (Lipinski definition) is 2. The maximum atomic E-state index is 11.5. The molecule has 2 N–H and O–H groups in total. The van der Waals surface area contributed by atoms with E-state index in [-0.39, 0.29) is 6.61 Å². The van der Waals surface area contributed by atoms with Gasteiger partial charge in [0.25, 0.3) is 0 Å². The van der Waals surface area contributed by atoms with Gasteiger partial charge >= 0.3 is 5.97 Å². The van der Waals surface area contributed by atoms with Gasteiger partial charge in [-0.2, -0.15) is 0 Å². The number of carboxylic acids is 1. The summed E-state index contributed by atoms with van der Waals surface area (Å²) in [6, 6.07) is 0. The molecule has 0 aromatic carbocycles. The lowest BCUT2D eigenvalue weighted by Crippen LogP contribution is -2.55. The van der Waals surface area contributed by atoms with Gasteiger partial charge in [0.15, 0.2) is 5.54 Å². The normalized spacial score (nSPS) is 15.6. The summed E-state index contributed by atoms with van der Waals surface area (Å²) < 4.78 is 4.77. The average molecular weight is 215 g/mol. The standard InChI is InChI=1S/C10H17NO4/c1-5-7(2)8(12)11-10(3,6-15-4)9(13)14/h5H,6H2,1-4H3,(H,11,12)(H,13,14). The number of amides is 1. The van der Waals surface area contributed by atoms with Crippen LogP contribution in [0, 0.1) is 0 Å². The second kappa shape index (κ2) is 5.50. The monoisotopic (exact) mass is 215 g/mol. The topological polar surface area (TPSA) is 75.6 Å². The average Bonchev–Trinajstić information content (AvgIpc) is 2.16. The van der Waals surface area contributed by atoms with Crippen LogP contribution in [0.2, 0.25) is 0 Å². The van der Waals surface area contributed by atoms with E-state index >= 15 is 0 Å². The van der Waals surface area contributed by atoms with Crippen LogP contribution in [-0.2, 0) is 14.3 Å². The van der Waals surface area contributed by atoms with Crippen molar-refractivity contribution in [3.8, 4) is 0 Å². The second-order valence-corrected chi connectivity index (χ2v) is 3.50. The van der Waals surface area contributed by atoms with E-state index in [1.807, 2.05) is 0 Å². The minimum atomic E-state index is -1.39. The van der Waals surface area contributed by atoms with Gasteiger partial charge in [-0.3, -0.25) is 4.79 Å². The van der Waals surface area contributed by atoms with Crippen molar-refractivity contribution in [1.29, 1.82) is 0 Å². The molecule has 0 aromatic rings. The van der Waals surface area contributed by atoms with Crippen LogP contribution in [0.5, 0.6) is 0 Å². The van der Waals surface area contributed by atoms with Crippen LogP contribution >= 0.6 is 0 Å². The molecule has 0 rings (SSSR count). The summed E-state index contributed by atoms with van der Waals surface area (Å²) in [5.74, 6) is -1.53. The van der Waals surface area contributed by atoms with Gasteiger partial charge < -0.3 is 15.2 Å². The van der Waals surface area contributed by atoms with Crippen molar-refractivity contribution in [2.45, 2.75) is 26.3 Å². The molecule has 15 heavy (non-hydrogen) atoms. The zero-order valence-electron chi connectivity index (χ0n) is 9.46. The molecule has 0 aliphatic heterocycles. The first-order chi connectivity index (χ1) is 6.87. The van der Waals surface area contributed by atoms with Crippen molar-refractivity contribution in [2.75, 3.05) is 13.7 Å². The Bertz CT molecular complexity index is 285. The van der Waals surface area contributed by atoms with Gasteiger partial charge in [0.1, 0.15) is 0 Å². The third-order valence-electron chi connectivity index (χ3n) is 2.09. The Morgan fingerprint density at radius 2 is 2.07 bits per heavy atom. The highest BCUT2D eigenvalue weighted by molar-refractivity contribution is 5.96. The quantitative estimate of drug-likeness (QED) is 0.657. The van der Waals surface area contributed by atoms with Gasteiger partial charge in [0.2, 0.25) is 5.91 Å². The molecule has 0 heterocycles. The fourth-order valence-corrected chi connectivity index (χ4v) is 0.920. The summed E-state index contributed by atoms with van der Waals surface area (Å²) in [5, 5.41) is 11.4. The van der Waals surface area contributed by atoms with E-state index in [9.17, 15) is 9.59 Å². The molecule has 5 heteroatoms. The third kappa shape index (κ3) is 3.71. The van der Waals surface area contributed by atoms with Gasteiger partial charge in [-0.1, -0.05) is 6.08 Å². The summed E-state index contributed by atoms with van der Waals surface area (Å²) >= 11 is 0. The Labute approximate surface area is 89.1 Å². The zero-order valence-corrected chi connectivity index (χ0v) is 9.46. The minimum Gasteiger partial charge on any atom is -0.479 e. The van der Waals surface area contributed by atoms with Crippen molar-refractivity contribution in [2.24, 2.45) is 0 Å². The molecule has 0 radical (unpaired) electrons. The lowest BCUT2D eigenvalue weighted by molar-refractivity contribution is -0.148. The van der Waals surface area contributed by atoms with E-state index in [2.05, 4.69) is 5.32 Å². The van der Waals surface area contributed by atoms with Gasteiger partial charge in [-0.25, -0.2) is 4.79 Å². The lowest BCUT2D eigenvalue weighted by Gasteiger charge is -2.25. The van der Waals surface area contributed by atoms with E-state index in [4.69, 9.17) is 9.84 Å². The summed E-state index contributed by atoms with van der Waals surface area (Å²) in [6.45, 7) is 4.65. The number of carbonyl (C=O) groups excluding carboxylic acids is 1. The number of methoxy groups -OCH3 is 1. The van der Waals surface area contributed by atoms with Crippen molar-refractivity contribution >= 4 is 11.9 Å². The lowest BCUT2D eigenvalue weighted by atomic mass is 10.0. The van der Waals surface area contributed by atoms with E-state index in [1.54, 1.807) is 19.9 Å². The van der Waals surface area contributed by atoms with Crippen LogP contribution in [0.3, 0.4) is 0 Å². The number of rotatable bonds is 5. The first-order valence-electron chi connectivity index (χ1n) is 4.55. The van der Waals surface area contributed by atoms with E-state index in [0.717, 1.165) is 0 Å². The van der Waals surface area contributed by atoms with E-state index in [1.165, 1.54) is 14.0 Å². The van der Waals surface area contributed by atoms with Gasteiger partial charge in [-0.15, -0.1) is 0 Å². The highest BCUT2D eigenvalue weighted by Gasteiger charge is 2.35. The van der Waals surface area contributed by atoms with Crippen molar-refractivity contribution in [3.05, 3.63) is 11.6 Å². The second-order valence-electron chi connectivity index (χ2n) is 3.50. The number of carbonyl (C=O) groups is 2. The molecule has 1 atom stereocenters. The molecule has 0 fully saturated rings. The molecule has 86 valence electrons. The Balaban J connectivity index is 4.70. The number of carboxylic acid groups (broad SMARTS) is 1. The predicted molar refractivity (Wildman–Crippen MR) is 55.5 cm³/mol. The molecule has 1 amide bonds. The third-order valence-corrected chi connectivity index (χ3v) is 2.09. The number of aliphatic carboxylic acids is 1. The Morgan fingerprint density at radius 3 is 2.40 bits per heavy atom. The molecule has 0 saturated carbocycles. The maximum Gasteiger partial charge on any atom is 0.331 e. The first-order valence-corrected chi connectivity index (χ1v) is 4.55. The van der Waals surface area contributed by atoms with Crippen molar-refractivity contribution < 1.29 is 19.4 Å². The van der Waals surface area contributed by atoms with E-state index < -0.39 is 17.4 Å². The van der Waals surface area contributed by atoms with Gasteiger partial charge in [0.05, 0.1) is 6.61 Å². The van der Waals surface area contributed by atoms with Crippen LogP contribution in [0.4, 0.5) is 0 Å². The molecule has 0 saturated heterocycles. The summed E-state index contributed by atoms with van der Waals surface area (Å²) in [6.07, 6.45) is 1.62. The number of ether oxygens (including phenoxy) is 1. The summed E-state index contributed by atoms with van der Waals surface area (Å²) in [4.78, 5) is 22.4. The Hall–Kier alpha value is -1.36.